The third-order valence-electron chi connectivity index (χ3n) is 2.22. The first-order valence-corrected chi connectivity index (χ1v) is 5.68. The van der Waals surface area contributed by atoms with Crippen LogP contribution in [0.2, 0.25) is 0 Å². The molecule has 0 saturated carbocycles. The maximum atomic E-state index is 11.5. The summed E-state index contributed by atoms with van der Waals surface area (Å²) in [6.07, 6.45) is 4.49. The summed E-state index contributed by atoms with van der Waals surface area (Å²) in [7, 11) is 0. The van der Waals surface area contributed by atoms with Crippen LogP contribution >= 0.6 is 0 Å². The van der Waals surface area contributed by atoms with Gasteiger partial charge in [0.1, 0.15) is 6.54 Å². The van der Waals surface area contributed by atoms with Crippen LogP contribution in [0.15, 0.2) is 23.2 Å². The van der Waals surface area contributed by atoms with Crippen LogP contribution in [0, 0.1) is 0 Å². The van der Waals surface area contributed by atoms with E-state index >= 15 is 0 Å². The Balaban J connectivity index is 1.73. The van der Waals surface area contributed by atoms with Gasteiger partial charge in [-0.3, -0.25) is 9.48 Å². The number of carbonyl (C=O) groups is 2. The molecule has 2 rings (SSSR count). The number of urea groups is 1. The van der Waals surface area contributed by atoms with Crippen LogP contribution in [0.4, 0.5) is 10.5 Å². The number of nitrogens with one attached hydrogen (secondary N) is 2. The lowest BCUT2D eigenvalue weighted by atomic mass is 10.4. The fourth-order valence-corrected chi connectivity index (χ4v) is 1.42. The van der Waals surface area contributed by atoms with Crippen LogP contribution in [-0.4, -0.2) is 43.6 Å². The summed E-state index contributed by atoms with van der Waals surface area (Å²) >= 11 is 0. The fourth-order valence-electron chi connectivity index (χ4n) is 1.42. The standard InChI is InChI=1S/C10H12N6O4/c17-9(18)5-16-4-7(3-13-16)15-10(19)11-2-1-8-12-6-14-20-8/h3-4,6H,1-2,5H2,(H,17,18)(H2,11,15,19). The van der Waals surface area contributed by atoms with E-state index in [1.165, 1.54) is 23.4 Å². The molecule has 20 heavy (non-hydrogen) atoms. The zero-order valence-corrected chi connectivity index (χ0v) is 10.3. The van der Waals surface area contributed by atoms with Crippen molar-refractivity contribution in [3.8, 4) is 0 Å². The number of anilines is 1. The van der Waals surface area contributed by atoms with Crippen molar-refractivity contribution in [1.29, 1.82) is 0 Å². The van der Waals surface area contributed by atoms with Crippen molar-refractivity contribution >= 4 is 17.7 Å². The summed E-state index contributed by atoms with van der Waals surface area (Å²) < 4.78 is 5.98. The number of rotatable bonds is 6. The Morgan fingerprint density at radius 2 is 2.30 bits per heavy atom. The Labute approximate surface area is 112 Å². The number of hydrogen-bond donors (Lipinski definition) is 3. The van der Waals surface area contributed by atoms with Crippen molar-refractivity contribution in [1.82, 2.24) is 25.2 Å². The summed E-state index contributed by atoms with van der Waals surface area (Å²) in [5.74, 6) is -0.580. The minimum Gasteiger partial charge on any atom is -0.480 e. The van der Waals surface area contributed by atoms with Gasteiger partial charge in [-0.15, -0.1) is 0 Å². The molecule has 2 aromatic heterocycles. The Bertz CT molecular complexity index is 578. The van der Waals surface area contributed by atoms with Crippen LogP contribution in [0.3, 0.4) is 0 Å². The molecule has 3 N–H and O–H groups in total. The second-order valence-corrected chi connectivity index (χ2v) is 3.79. The van der Waals surface area contributed by atoms with Gasteiger partial charge < -0.3 is 20.3 Å². The topological polar surface area (TPSA) is 135 Å². The molecule has 2 heterocycles. The van der Waals surface area contributed by atoms with Crippen molar-refractivity contribution in [3.63, 3.8) is 0 Å². The highest BCUT2D eigenvalue weighted by atomic mass is 16.5. The van der Waals surface area contributed by atoms with Gasteiger partial charge >= 0.3 is 12.0 Å². The maximum Gasteiger partial charge on any atom is 0.325 e. The molecule has 10 nitrogen and oxygen atoms in total. The highest BCUT2D eigenvalue weighted by Crippen LogP contribution is 2.04. The lowest BCUT2D eigenvalue weighted by molar-refractivity contribution is -0.137. The minimum atomic E-state index is -1.01. The van der Waals surface area contributed by atoms with Crippen molar-refractivity contribution in [2.45, 2.75) is 13.0 Å². The number of aromatic nitrogens is 4. The first kappa shape index (κ1) is 13.5. The van der Waals surface area contributed by atoms with E-state index in [0.29, 0.717) is 24.5 Å². The van der Waals surface area contributed by atoms with Crippen LogP contribution in [-0.2, 0) is 17.8 Å². The molecule has 0 bridgehead atoms. The number of carboxylic acid groups (broad SMARTS) is 1. The van der Waals surface area contributed by atoms with E-state index in [9.17, 15) is 9.59 Å². The Morgan fingerprint density at radius 1 is 1.45 bits per heavy atom. The quantitative estimate of drug-likeness (QED) is 0.661. The highest BCUT2D eigenvalue weighted by molar-refractivity contribution is 5.88. The lowest BCUT2D eigenvalue weighted by Gasteiger charge is -2.03. The third-order valence-corrected chi connectivity index (χ3v) is 2.22. The highest BCUT2D eigenvalue weighted by Gasteiger charge is 2.06. The van der Waals surface area contributed by atoms with E-state index in [1.54, 1.807) is 0 Å². The predicted molar refractivity (Wildman–Crippen MR) is 64.9 cm³/mol. The predicted octanol–water partition coefficient (Wildman–Crippen LogP) is -0.285. The van der Waals surface area contributed by atoms with Crippen molar-refractivity contribution < 1.29 is 19.2 Å². The second-order valence-electron chi connectivity index (χ2n) is 3.79. The molecule has 0 radical (unpaired) electrons. The van der Waals surface area contributed by atoms with Crippen LogP contribution in [0.1, 0.15) is 5.89 Å². The number of aliphatic carboxylic acids is 1. The fraction of sp³-hybridized carbons (Fsp3) is 0.300. The Hall–Kier alpha value is -2.91. The number of carbonyl (C=O) groups excluding carboxylic acids is 1. The van der Waals surface area contributed by atoms with Gasteiger partial charge in [0.2, 0.25) is 5.89 Å². The van der Waals surface area contributed by atoms with Gasteiger partial charge in [0.15, 0.2) is 6.33 Å². The molecule has 0 aliphatic rings. The van der Waals surface area contributed by atoms with E-state index in [0.717, 1.165) is 0 Å². The van der Waals surface area contributed by atoms with Crippen LogP contribution in [0.25, 0.3) is 0 Å². The lowest BCUT2D eigenvalue weighted by Crippen LogP contribution is -2.30. The normalized spacial score (nSPS) is 10.2. The van der Waals surface area contributed by atoms with Crippen molar-refractivity contribution in [2.75, 3.05) is 11.9 Å². The van der Waals surface area contributed by atoms with E-state index in [-0.39, 0.29) is 6.54 Å². The first-order chi connectivity index (χ1) is 9.63. The number of hydrogen-bond acceptors (Lipinski definition) is 6. The maximum absolute atomic E-state index is 11.5. The van der Waals surface area contributed by atoms with Gasteiger partial charge in [0.25, 0.3) is 0 Å². The molecule has 2 aromatic rings. The zero-order valence-electron chi connectivity index (χ0n) is 10.3. The summed E-state index contributed by atoms with van der Waals surface area (Å²) in [6, 6.07) is -0.431. The summed E-state index contributed by atoms with van der Waals surface area (Å²) in [6.45, 7) is 0.0672. The van der Waals surface area contributed by atoms with Gasteiger partial charge in [-0.1, -0.05) is 5.16 Å². The molecule has 0 aliphatic heterocycles. The van der Waals surface area contributed by atoms with Gasteiger partial charge in [-0.2, -0.15) is 10.1 Å². The van der Waals surface area contributed by atoms with E-state index in [4.69, 9.17) is 9.63 Å². The molecule has 10 heteroatoms. The third kappa shape index (κ3) is 4.08. The minimum absolute atomic E-state index is 0.263. The monoisotopic (exact) mass is 280 g/mol. The molecule has 0 spiro atoms. The van der Waals surface area contributed by atoms with Gasteiger partial charge in [-0.05, 0) is 0 Å². The molecule has 0 unspecified atom stereocenters. The summed E-state index contributed by atoms with van der Waals surface area (Å²) in [5.41, 5.74) is 0.404. The van der Waals surface area contributed by atoms with Crippen LogP contribution < -0.4 is 10.6 Å². The number of nitrogens with zero attached hydrogens (tertiary/aromatic N) is 4. The van der Waals surface area contributed by atoms with E-state index in [2.05, 4.69) is 25.9 Å². The Kier molecular flexibility index (Phi) is 4.27. The molecule has 0 saturated heterocycles. The molecule has 0 aliphatic carbocycles. The largest absolute Gasteiger partial charge is 0.480 e. The SMILES string of the molecule is O=C(O)Cn1cc(NC(=O)NCCc2ncno2)cn1. The summed E-state index contributed by atoms with van der Waals surface area (Å²) in [4.78, 5) is 25.8. The van der Waals surface area contributed by atoms with E-state index in [1.807, 2.05) is 0 Å². The molecule has 0 aromatic carbocycles. The first-order valence-electron chi connectivity index (χ1n) is 5.68. The zero-order chi connectivity index (χ0) is 14.4. The van der Waals surface area contributed by atoms with E-state index < -0.39 is 12.0 Å². The van der Waals surface area contributed by atoms with Gasteiger partial charge in [-0.25, -0.2) is 4.79 Å². The van der Waals surface area contributed by atoms with Crippen LogP contribution in [0.5, 0.6) is 0 Å². The summed E-state index contributed by atoms with van der Waals surface area (Å²) in [5, 5.41) is 20.9. The van der Waals surface area contributed by atoms with Crippen molar-refractivity contribution in [3.05, 3.63) is 24.6 Å². The molecule has 2 amide bonds. The number of amides is 2. The molecule has 0 atom stereocenters. The van der Waals surface area contributed by atoms with Crippen molar-refractivity contribution in [2.24, 2.45) is 0 Å². The average molecular weight is 280 g/mol. The average Bonchev–Trinajstić information content (AvgIpc) is 3.00. The second kappa shape index (κ2) is 6.31. The molecular weight excluding hydrogens is 268 g/mol. The number of carboxylic acids is 1. The molecular formula is C10H12N6O4. The molecule has 106 valence electrons. The smallest absolute Gasteiger partial charge is 0.325 e. The molecule has 0 fully saturated rings. The van der Waals surface area contributed by atoms with Gasteiger partial charge in [0, 0.05) is 19.2 Å². The Morgan fingerprint density at radius 3 is 3.00 bits per heavy atom. The van der Waals surface area contributed by atoms with Gasteiger partial charge in [0.05, 0.1) is 11.9 Å².